The zero-order valence-corrected chi connectivity index (χ0v) is 21.5. The predicted octanol–water partition coefficient (Wildman–Crippen LogP) is 1.69. The van der Waals surface area contributed by atoms with Gasteiger partial charge in [0.1, 0.15) is 5.69 Å². The average Bonchev–Trinajstić information content (AvgIpc) is 3.12. The van der Waals surface area contributed by atoms with E-state index in [1.54, 1.807) is 42.9 Å². The molecule has 0 bridgehead atoms. The largest absolute Gasteiger partial charge is 0.449 e. The number of hydrogen-bond acceptors (Lipinski definition) is 7. The third-order valence-electron chi connectivity index (χ3n) is 6.13. The fraction of sp³-hybridized carbons (Fsp3) is 0.320. The van der Waals surface area contributed by atoms with Crippen molar-refractivity contribution in [2.24, 2.45) is 7.05 Å². The molecule has 1 aromatic heterocycles. The van der Waals surface area contributed by atoms with Crippen LogP contribution in [0.3, 0.4) is 0 Å². The quantitative estimate of drug-likeness (QED) is 0.462. The number of rotatable bonds is 7. The zero-order valence-electron chi connectivity index (χ0n) is 20.7. The van der Waals surface area contributed by atoms with Crippen LogP contribution in [0, 0.1) is 6.92 Å². The Morgan fingerprint density at radius 1 is 1.05 bits per heavy atom. The summed E-state index contributed by atoms with van der Waals surface area (Å²) < 4.78 is 40.6. The molecular formula is C25H28N4O7S. The van der Waals surface area contributed by atoms with Gasteiger partial charge in [0, 0.05) is 20.1 Å². The number of nitrogens with one attached hydrogen (secondary N) is 1. The van der Waals surface area contributed by atoms with E-state index in [2.05, 4.69) is 5.32 Å². The SMILES string of the molecule is Cc1c(NC(=O)[C@H](C)OC(=O)c2cccc(S(=O)(=O)N3CCOCC3)c2)c(=O)n(-c2ccccc2)n1C. The second-order valence-corrected chi connectivity index (χ2v) is 10.5. The summed E-state index contributed by atoms with van der Waals surface area (Å²) >= 11 is 0. The van der Waals surface area contributed by atoms with Gasteiger partial charge in [-0.3, -0.25) is 14.3 Å². The van der Waals surface area contributed by atoms with E-state index >= 15 is 0 Å². The normalized spacial score (nSPS) is 15.2. The molecule has 0 aliphatic carbocycles. The Kier molecular flexibility index (Phi) is 7.62. The van der Waals surface area contributed by atoms with E-state index in [9.17, 15) is 22.8 Å². The Morgan fingerprint density at radius 2 is 1.73 bits per heavy atom. The molecule has 1 atom stereocenters. The smallest absolute Gasteiger partial charge is 0.338 e. The minimum atomic E-state index is -3.81. The highest BCUT2D eigenvalue weighted by Gasteiger charge is 2.28. The van der Waals surface area contributed by atoms with Crippen molar-refractivity contribution in [3.8, 4) is 5.69 Å². The molecule has 4 rings (SSSR count). The van der Waals surface area contributed by atoms with Gasteiger partial charge in [-0.05, 0) is 44.2 Å². The number of benzene rings is 2. The predicted molar refractivity (Wildman–Crippen MR) is 135 cm³/mol. The highest BCUT2D eigenvalue weighted by Crippen LogP contribution is 2.20. The summed E-state index contributed by atoms with van der Waals surface area (Å²) in [4.78, 5) is 38.5. The third kappa shape index (κ3) is 5.36. The van der Waals surface area contributed by atoms with E-state index in [4.69, 9.17) is 9.47 Å². The number of amides is 1. The van der Waals surface area contributed by atoms with Crippen molar-refractivity contribution in [3.63, 3.8) is 0 Å². The van der Waals surface area contributed by atoms with E-state index in [0.29, 0.717) is 24.6 Å². The van der Waals surface area contributed by atoms with Gasteiger partial charge < -0.3 is 14.8 Å². The van der Waals surface area contributed by atoms with Crippen molar-refractivity contribution in [1.29, 1.82) is 0 Å². The van der Waals surface area contributed by atoms with Crippen LogP contribution in [0.4, 0.5) is 5.69 Å². The Bertz CT molecular complexity index is 1470. The molecule has 1 saturated heterocycles. The van der Waals surface area contributed by atoms with Crippen LogP contribution >= 0.6 is 0 Å². The first-order valence-corrected chi connectivity index (χ1v) is 13.1. The molecule has 12 heteroatoms. The fourth-order valence-electron chi connectivity index (χ4n) is 3.94. The van der Waals surface area contributed by atoms with E-state index < -0.39 is 33.6 Å². The summed E-state index contributed by atoms with van der Waals surface area (Å²) in [6.45, 7) is 4.09. The first kappa shape index (κ1) is 26.3. The number of anilines is 1. The summed E-state index contributed by atoms with van der Waals surface area (Å²) in [5.74, 6) is -1.57. The molecule has 0 radical (unpaired) electrons. The lowest BCUT2D eigenvalue weighted by atomic mass is 10.2. The maximum absolute atomic E-state index is 13.0. The average molecular weight is 529 g/mol. The molecule has 1 amide bonds. The van der Waals surface area contributed by atoms with Crippen molar-refractivity contribution >= 4 is 27.6 Å². The molecule has 1 aliphatic rings. The molecule has 0 spiro atoms. The van der Waals surface area contributed by atoms with E-state index in [1.807, 2.05) is 6.07 Å². The van der Waals surface area contributed by atoms with Gasteiger partial charge in [0.05, 0.1) is 35.1 Å². The van der Waals surface area contributed by atoms with Gasteiger partial charge in [0.15, 0.2) is 6.10 Å². The molecular weight excluding hydrogens is 500 g/mol. The number of morpholine rings is 1. The summed E-state index contributed by atoms with van der Waals surface area (Å²) in [6, 6.07) is 14.4. The van der Waals surface area contributed by atoms with E-state index in [0.717, 1.165) is 0 Å². The van der Waals surface area contributed by atoms with Crippen molar-refractivity contribution < 1.29 is 27.5 Å². The van der Waals surface area contributed by atoms with Gasteiger partial charge in [-0.2, -0.15) is 4.31 Å². The summed E-state index contributed by atoms with van der Waals surface area (Å²) in [7, 11) is -2.12. The molecule has 0 unspecified atom stereocenters. The Labute approximate surface area is 214 Å². The van der Waals surface area contributed by atoms with Crippen LogP contribution in [0.15, 0.2) is 64.3 Å². The second-order valence-electron chi connectivity index (χ2n) is 8.52. The van der Waals surface area contributed by atoms with Gasteiger partial charge in [-0.15, -0.1) is 0 Å². The number of nitrogens with zero attached hydrogens (tertiary/aromatic N) is 3. The monoisotopic (exact) mass is 528 g/mol. The molecule has 11 nitrogen and oxygen atoms in total. The third-order valence-corrected chi connectivity index (χ3v) is 8.03. The van der Waals surface area contributed by atoms with E-state index in [-0.39, 0.29) is 29.2 Å². The summed E-state index contributed by atoms with van der Waals surface area (Å²) in [6.07, 6.45) is -1.25. The Morgan fingerprint density at radius 3 is 2.41 bits per heavy atom. The lowest BCUT2D eigenvalue weighted by molar-refractivity contribution is -0.123. The summed E-state index contributed by atoms with van der Waals surface area (Å²) in [5, 5.41) is 2.56. The number of ether oxygens (including phenoxy) is 2. The standard InChI is InChI=1S/C25H28N4O7S/c1-17-22(24(31)29(27(17)3)20-9-5-4-6-10-20)26-23(30)18(2)36-25(32)19-8-7-11-21(16-19)37(33,34)28-12-14-35-15-13-28/h4-11,16,18H,12-15H2,1-3H3,(H,26,30)/t18-/m0/s1. The van der Waals surface area contributed by atoms with Gasteiger partial charge >= 0.3 is 5.97 Å². The molecule has 1 aliphatic heterocycles. The van der Waals surface area contributed by atoms with Gasteiger partial charge in [-0.25, -0.2) is 17.9 Å². The number of aromatic nitrogens is 2. The lowest BCUT2D eigenvalue weighted by Gasteiger charge is -2.26. The topological polar surface area (TPSA) is 129 Å². The first-order valence-electron chi connectivity index (χ1n) is 11.6. The number of sulfonamides is 1. The number of esters is 1. The summed E-state index contributed by atoms with van der Waals surface area (Å²) in [5.41, 5.74) is 0.764. The molecule has 1 fully saturated rings. The Balaban J connectivity index is 1.48. The Hall–Kier alpha value is -3.74. The van der Waals surface area contributed by atoms with Crippen LogP contribution < -0.4 is 10.9 Å². The molecule has 196 valence electrons. The number of hydrogen-bond donors (Lipinski definition) is 1. The van der Waals surface area contributed by atoms with Gasteiger partial charge in [0.2, 0.25) is 10.0 Å². The van der Waals surface area contributed by atoms with Crippen LogP contribution in [-0.4, -0.2) is 66.4 Å². The van der Waals surface area contributed by atoms with Crippen LogP contribution in [0.1, 0.15) is 23.0 Å². The maximum atomic E-state index is 13.0. The van der Waals surface area contributed by atoms with Crippen molar-refractivity contribution in [1.82, 2.24) is 13.7 Å². The lowest BCUT2D eigenvalue weighted by Crippen LogP contribution is -2.40. The van der Waals surface area contributed by atoms with Crippen molar-refractivity contribution in [2.45, 2.75) is 24.8 Å². The van der Waals surface area contributed by atoms with Gasteiger partial charge in [-0.1, -0.05) is 24.3 Å². The van der Waals surface area contributed by atoms with Crippen molar-refractivity contribution in [3.05, 3.63) is 76.2 Å². The first-order chi connectivity index (χ1) is 17.6. The van der Waals surface area contributed by atoms with Gasteiger partial charge in [0.25, 0.3) is 11.5 Å². The molecule has 1 N–H and O–H groups in total. The van der Waals surface area contributed by atoms with Crippen LogP contribution in [-0.2, 0) is 31.3 Å². The van der Waals surface area contributed by atoms with E-state index in [1.165, 1.54) is 40.2 Å². The zero-order chi connectivity index (χ0) is 26.7. The number of para-hydroxylation sites is 1. The number of carbonyl (C=O) groups excluding carboxylic acids is 2. The highest BCUT2D eigenvalue weighted by molar-refractivity contribution is 7.89. The van der Waals surface area contributed by atoms with Crippen LogP contribution in [0.2, 0.25) is 0 Å². The second kappa shape index (κ2) is 10.7. The minimum Gasteiger partial charge on any atom is -0.449 e. The number of carbonyl (C=O) groups is 2. The molecule has 37 heavy (non-hydrogen) atoms. The maximum Gasteiger partial charge on any atom is 0.338 e. The molecule has 3 aromatic rings. The van der Waals surface area contributed by atoms with Crippen molar-refractivity contribution in [2.75, 3.05) is 31.6 Å². The fourth-order valence-corrected chi connectivity index (χ4v) is 5.39. The molecule has 2 heterocycles. The highest BCUT2D eigenvalue weighted by atomic mass is 32.2. The minimum absolute atomic E-state index is 0.0173. The van der Waals surface area contributed by atoms with Crippen LogP contribution in [0.5, 0.6) is 0 Å². The molecule has 0 saturated carbocycles. The van der Waals surface area contributed by atoms with Crippen LogP contribution in [0.25, 0.3) is 5.69 Å². The molecule has 2 aromatic carbocycles.